The van der Waals surface area contributed by atoms with Crippen LogP contribution in [0.5, 0.6) is 0 Å². The lowest BCUT2D eigenvalue weighted by molar-refractivity contribution is -0.110. The molecular weight excluding hydrogens is 434 g/mol. The number of aliphatic imine (C=N–C) groups is 1. The third-order valence-electron chi connectivity index (χ3n) is 6.39. The van der Waals surface area contributed by atoms with Crippen molar-refractivity contribution in [2.75, 3.05) is 13.1 Å². The highest BCUT2D eigenvalue weighted by Gasteiger charge is 2.30. The first-order valence-corrected chi connectivity index (χ1v) is 11.6. The molecule has 1 aromatic carbocycles. The highest BCUT2D eigenvalue weighted by atomic mass is 16.1. The number of hydrogen-bond acceptors (Lipinski definition) is 6. The number of benzene rings is 1. The lowest BCUT2D eigenvalue weighted by Crippen LogP contribution is -2.37. The van der Waals surface area contributed by atoms with Gasteiger partial charge in [-0.05, 0) is 55.5 Å². The van der Waals surface area contributed by atoms with Crippen molar-refractivity contribution in [1.29, 1.82) is 5.26 Å². The topological polar surface area (TPSA) is 94.5 Å². The fraction of sp³-hybridized carbons (Fsp3) is 0.276. The van der Waals surface area contributed by atoms with Gasteiger partial charge in [-0.15, -0.1) is 0 Å². The first kappa shape index (κ1) is 25.7. The Morgan fingerprint density at radius 3 is 2.69 bits per heavy atom. The van der Waals surface area contributed by atoms with E-state index in [1.54, 1.807) is 19.1 Å². The molecule has 1 aliphatic carbocycles. The summed E-state index contributed by atoms with van der Waals surface area (Å²) in [6, 6.07) is 8.23. The SMILES string of the molecule is C=C1C(=C)C(N2CCc3ccc(CNCC(=C)C(/C=C(\C)C(=O)C#N)=N\C(C)=C\C)cc3C2)=C1N. The number of allylic oxidation sites excluding steroid dienone is 6. The van der Waals surface area contributed by atoms with Crippen molar-refractivity contribution in [2.24, 2.45) is 10.7 Å². The normalized spacial score (nSPS) is 16.6. The number of nitrogens with zero attached hydrogens (tertiary/aromatic N) is 3. The van der Waals surface area contributed by atoms with Crippen LogP contribution in [-0.4, -0.2) is 29.5 Å². The van der Waals surface area contributed by atoms with E-state index in [9.17, 15) is 4.79 Å². The molecule has 0 fully saturated rings. The van der Waals surface area contributed by atoms with Gasteiger partial charge in [-0.2, -0.15) is 5.26 Å². The van der Waals surface area contributed by atoms with Gasteiger partial charge in [-0.25, -0.2) is 0 Å². The second-order valence-corrected chi connectivity index (χ2v) is 8.90. The van der Waals surface area contributed by atoms with Crippen molar-refractivity contribution in [1.82, 2.24) is 10.2 Å². The number of carbonyl (C=O) groups is 1. The van der Waals surface area contributed by atoms with Gasteiger partial charge in [-0.1, -0.05) is 44.0 Å². The maximum absolute atomic E-state index is 11.7. The predicted molar refractivity (Wildman–Crippen MR) is 142 cm³/mol. The van der Waals surface area contributed by atoms with E-state index in [1.165, 1.54) is 16.7 Å². The summed E-state index contributed by atoms with van der Waals surface area (Å²) in [7, 11) is 0. The van der Waals surface area contributed by atoms with Gasteiger partial charge in [0.1, 0.15) is 6.07 Å². The number of fused-ring (bicyclic) bond motifs is 1. The first-order chi connectivity index (χ1) is 16.7. The zero-order chi connectivity index (χ0) is 25.7. The molecule has 0 aromatic heterocycles. The molecule has 0 atom stereocenters. The van der Waals surface area contributed by atoms with Crippen LogP contribution in [0.2, 0.25) is 0 Å². The zero-order valence-electron chi connectivity index (χ0n) is 20.9. The molecule has 0 radical (unpaired) electrons. The second kappa shape index (κ2) is 11.0. The minimum absolute atomic E-state index is 0.337. The van der Waals surface area contributed by atoms with E-state index in [4.69, 9.17) is 11.0 Å². The summed E-state index contributed by atoms with van der Waals surface area (Å²) in [4.78, 5) is 18.6. The van der Waals surface area contributed by atoms with Crippen LogP contribution in [0, 0.1) is 11.3 Å². The highest BCUT2D eigenvalue weighted by Crippen LogP contribution is 2.38. The summed E-state index contributed by atoms with van der Waals surface area (Å²) in [5.41, 5.74) is 16.0. The molecule has 6 nitrogen and oxygen atoms in total. The van der Waals surface area contributed by atoms with E-state index in [0.717, 1.165) is 53.3 Å². The van der Waals surface area contributed by atoms with Crippen LogP contribution < -0.4 is 11.1 Å². The number of rotatable bonds is 9. The Balaban J connectivity index is 1.67. The van der Waals surface area contributed by atoms with Crippen LogP contribution in [0.1, 0.15) is 37.5 Å². The monoisotopic (exact) mass is 467 g/mol. The molecular formula is C29H33N5O. The maximum Gasteiger partial charge on any atom is 0.257 e. The van der Waals surface area contributed by atoms with Crippen LogP contribution in [-0.2, 0) is 24.3 Å². The van der Waals surface area contributed by atoms with Crippen LogP contribution in [0.3, 0.4) is 0 Å². The molecule has 0 saturated heterocycles. The van der Waals surface area contributed by atoms with Crippen LogP contribution in [0.25, 0.3) is 0 Å². The third-order valence-corrected chi connectivity index (χ3v) is 6.39. The molecule has 6 heteroatoms. The summed E-state index contributed by atoms with van der Waals surface area (Å²) in [5, 5.41) is 12.3. The molecule has 0 saturated carbocycles. The highest BCUT2D eigenvalue weighted by molar-refractivity contribution is 6.16. The molecule has 1 heterocycles. The van der Waals surface area contributed by atoms with Gasteiger partial charge >= 0.3 is 0 Å². The lowest BCUT2D eigenvalue weighted by atomic mass is 9.87. The molecule has 0 amide bonds. The number of hydrogen-bond donors (Lipinski definition) is 2. The van der Waals surface area contributed by atoms with Crippen molar-refractivity contribution in [3.8, 4) is 6.07 Å². The lowest BCUT2D eigenvalue weighted by Gasteiger charge is -2.39. The average molecular weight is 468 g/mol. The Hall–Kier alpha value is -3.95. The van der Waals surface area contributed by atoms with Gasteiger partial charge in [0.25, 0.3) is 5.78 Å². The Kier molecular flexibility index (Phi) is 8.06. The molecule has 0 unspecified atom stereocenters. The van der Waals surface area contributed by atoms with Gasteiger partial charge in [0, 0.05) is 48.6 Å². The molecule has 180 valence electrons. The molecule has 0 bridgehead atoms. The predicted octanol–water partition coefficient (Wildman–Crippen LogP) is 4.39. The van der Waals surface area contributed by atoms with Gasteiger partial charge < -0.3 is 16.0 Å². The minimum Gasteiger partial charge on any atom is -0.397 e. The number of nitrogens with one attached hydrogen (secondary N) is 1. The second-order valence-electron chi connectivity index (χ2n) is 8.90. The van der Waals surface area contributed by atoms with Crippen molar-refractivity contribution in [2.45, 2.75) is 40.3 Å². The van der Waals surface area contributed by atoms with Crippen LogP contribution >= 0.6 is 0 Å². The summed E-state index contributed by atoms with van der Waals surface area (Å²) in [6.07, 6.45) is 4.47. The van der Waals surface area contributed by atoms with E-state index in [2.05, 4.69) is 53.1 Å². The average Bonchev–Trinajstić information content (AvgIpc) is 2.87. The van der Waals surface area contributed by atoms with Gasteiger partial charge in [-0.3, -0.25) is 9.79 Å². The smallest absolute Gasteiger partial charge is 0.257 e. The Morgan fingerprint density at radius 1 is 1.29 bits per heavy atom. The zero-order valence-corrected chi connectivity index (χ0v) is 20.9. The van der Waals surface area contributed by atoms with E-state index in [1.807, 2.05) is 19.9 Å². The number of carbonyl (C=O) groups excluding carboxylic acids is 1. The quantitative estimate of drug-likeness (QED) is 0.319. The number of nitriles is 1. The van der Waals surface area contributed by atoms with E-state index < -0.39 is 5.78 Å². The maximum atomic E-state index is 11.7. The molecule has 1 aromatic rings. The Labute approximate surface area is 208 Å². The van der Waals surface area contributed by atoms with Crippen LogP contribution in [0.4, 0.5) is 0 Å². The van der Waals surface area contributed by atoms with Crippen LogP contribution in [0.15, 0.2) is 94.5 Å². The minimum atomic E-state index is -0.577. The largest absolute Gasteiger partial charge is 0.397 e. The summed E-state index contributed by atoms with van der Waals surface area (Å²) in [6.45, 7) is 20.5. The fourth-order valence-corrected chi connectivity index (χ4v) is 4.10. The Morgan fingerprint density at radius 2 is 2.03 bits per heavy atom. The molecule has 1 aliphatic heterocycles. The molecule has 35 heavy (non-hydrogen) atoms. The van der Waals surface area contributed by atoms with E-state index >= 15 is 0 Å². The molecule has 2 aliphatic rings. The van der Waals surface area contributed by atoms with Crippen molar-refractivity contribution >= 4 is 11.5 Å². The number of ketones is 1. The summed E-state index contributed by atoms with van der Waals surface area (Å²) < 4.78 is 0. The summed E-state index contributed by atoms with van der Waals surface area (Å²) >= 11 is 0. The number of Topliss-reactive ketones (excluding diaryl/α,β-unsaturated/α-hetero) is 1. The Bertz CT molecular complexity index is 1270. The van der Waals surface area contributed by atoms with Gasteiger partial charge in [0.15, 0.2) is 0 Å². The fourth-order valence-electron chi connectivity index (χ4n) is 4.10. The van der Waals surface area contributed by atoms with Crippen molar-refractivity contribution in [3.05, 3.63) is 106 Å². The van der Waals surface area contributed by atoms with Gasteiger partial charge in [0.2, 0.25) is 0 Å². The molecule has 3 N–H and O–H groups in total. The van der Waals surface area contributed by atoms with Gasteiger partial charge in [0.05, 0.1) is 17.1 Å². The van der Waals surface area contributed by atoms with Crippen molar-refractivity contribution in [3.63, 3.8) is 0 Å². The van der Waals surface area contributed by atoms with E-state index in [-0.39, 0.29) is 0 Å². The van der Waals surface area contributed by atoms with E-state index in [0.29, 0.717) is 24.4 Å². The van der Waals surface area contributed by atoms with Crippen molar-refractivity contribution < 1.29 is 4.79 Å². The third kappa shape index (κ3) is 5.76. The molecule has 0 spiro atoms. The summed E-state index contributed by atoms with van der Waals surface area (Å²) in [5.74, 6) is -0.577. The number of nitrogens with two attached hydrogens (primary N) is 1. The molecule has 3 rings (SSSR count). The standard InChI is InChI=1S/C29H33N5O/c1-7-20(4)33-26(12-18(2)27(35)14-30)19(3)15-32-16-23-8-9-24-10-11-34(17-25(24)13-23)29-22(6)21(5)28(29)31/h7-9,12-13,32H,3,5-6,10-11,15-17,31H2,1-2,4H3/b18-12+,20-7+,33-26-. The first-order valence-electron chi connectivity index (χ1n) is 11.6.